The zero-order chi connectivity index (χ0) is 15.1. The van der Waals surface area contributed by atoms with Gasteiger partial charge in [-0.05, 0) is 25.1 Å². The lowest BCUT2D eigenvalue weighted by Crippen LogP contribution is -2.32. The van der Waals surface area contributed by atoms with Crippen LogP contribution < -0.4 is 15.4 Å². The molecule has 2 rings (SSSR count). The molecule has 1 aliphatic heterocycles. The summed E-state index contributed by atoms with van der Waals surface area (Å²) in [6, 6.07) is 5.63. The number of carbonyl (C=O) groups is 1. The lowest BCUT2D eigenvalue weighted by Gasteiger charge is -2.14. The lowest BCUT2D eigenvalue weighted by atomic mass is 10.1. The van der Waals surface area contributed by atoms with Crippen LogP contribution >= 0.6 is 0 Å². The van der Waals surface area contributed by atoms with Crippen molar-refractivity contribution >= 4 is 11.6 Å². The van der Waals surface area contributed by atoms with E-state index in [2.05, 4.69) is 16.7 Å². The predicted octanol–water partition coefficient (Wildman–Crippen LogP) is 1.01. The third-order valence-electron chi connectivity index (χ3n) is 3.09. The Bertz CT molecular complexity index is 540. The average molecular weight is 291 g/mol. The van der Waals surface area contributed by atoms with Gasteiger partial charge in [0.15, 0.2) is 6.61 Å². The first-order chi connectivity index (χ1) is 10.1. The molecule has 0 aliphatic carbocycles. The van der Waals surface area contributed by atoms with Crippen molar-refractivity contribution in [2.24, 2.45) is 0 Å². The highest BCUT2D eigenvalue weighted by Gasteiger charge is 2.08. The Morgan fingerprint density at radius 1 is 1.38 bits per heavy atom. The first-order valence-electron chi connectivity index (χ1n) is 6.68. The molecule has 0 spiro atoms. The summed E-state index contributed by atoms with van der Waals surface area (Å²) in [5.74, 6) is 0.213. The molecule has 0 saturated heterocycles. The van der Waals surface area contributed by atoms with Crippen LogP contribution in [0.5, 0.6) is 5.75 Å². The van der Waals surface area contributed by atoms with Crippen molar-refractivity contribution < 1.29 is 14.5 Å². The second-order valence-corrected chi connectivity index (χ2v) is 4.63. The SMILES string of the molecule is O=C(COc1ccc([N+](=O)[O-])cc1)NCC1=CCNCC1. The van der Waals surface area contributed by atoms with E-state index in [0.29, 0.717) is 12.3 Å². The number of nitrogens with one attached hydrogen (secondary N) is 2. The van der Waals surface area contributed by atoms with Gasteiger partial charge in [-0.2, -0.15) is 0 Å². The first kappa shape index (κ1) is 15.0. The fraction of sp³-hybridized carbons (Fsp3) is 0.357. The van der Waals surface area contributed by atoms with Gasteiger partial charge in [0, 0.05) is 25.2 Å². The number of benzene rings is 1. The molecule has 1 aromatic rings. The highest BCUT2D eigenvalue weighted by molar-refractivity contribution is 5.77. The molecule has 2 N–H and O–H groups in total. The molecule has 0 unspecified atom stereocenters. The van der Waals surface area contributed by atoms with E-state index in [4.69, 9.17) is 4.74 Å². The summed E-state index contributed by atoms with van der Waals surface area (Å²) >= 11 is 0. The zero-order valence-corrected chi connectivity index (χ0v) is 11.5. The van der Waals surface area contributed by atoms with Crippen LogP contribution in [-0.4, -0.2) is 37.1 Å². The molecule has 1 aromatic carbocycles. The molecule has 1 heterocycles. The molecule has 0 radical (unpaired) electrons. The van der Waals surface area contributed by atoms with Crippen LogP contribution in [0.2, 0.25) is 0 Å². The van der Waals surface area contributed by atoms with Crippen molar-refractivity contribution in [3.8, 4) is 5.75 Å². The molecule has 21 heavy (non-hydrogen) atoms. The third-order valence-corrected chi connectivity index (χ3v) is 3.09. The van der Waals surface area contributed by atoms with Crippen LogP contribution in [0, 0.1) is 10.1 Å². The molecule has 0 atom stereocenters. The van der Waals surface area contributed by atoms with E-state index in [-0.39, 0.29) is 18.2 Å². The predicted molar refractivity (Wildman–Crippen MR) is 77.2 cm³/mol. The summed E-state index contributed by atoms with van der Waals surface area (Å²) in [5, 5.41) is 16.5. The minimum atomic E-state index is -0.483. The van der Waals surface area contributed by atoms with E-state index in [9.17, 15) is 14.9 Å². The maximum absolute atomic E-state index is 11.6. The highest BCUT2D eigenvalue weighted by atomic mass is 16.6. The quantitative estimate of drug-likeness (QED) is 0.463. The molecule has 112 valence electrons. The third kappa shape index (κ3) is 4.88. The molecule has 0 saturated carbocycles. The standard InChI is InChI=1S/C14H17N3O4/c18-14(16-9-11-5-7-15-8-6-11)10-21-13-3-1-12(2-4-13)17(19)20/h1-5,15H,6-10H2,(H,16,18). The summed E-state index contributed by atoms with van der Waals surface area (Å²) in [6.07, 6.45) is 3.00. The van der Waals surface area contributed by atoms with Gasteiger partial charge in [-0.3, -0.25) is 14.9 Å². The van der Waals surface area contributed by atoms with Crippen molar-refractivity contribution in [1.82, 2.24) is 10.6 Å². The van der Waals surface area contributed by atoms with Gasteiger partial charge in [0.2, 0.25) is 0 Å². The summed E-state index contributed by atoms with van der Waals surface area (Å²) in [7, 11) is 0. The Morgan fingerprint density at radius 2 is 2.14 bits per heavy atom. The summed E-state index contributed by atoms with van der Waals surface area (Å²) in [5.41, 5.74) is 1.20. The Kier molecular flexibility index (Phi) is 5.28. The number of rotatable bonds is 6. The number of hydrogen-bond acceptors (Lipinski definition) is 5. The van der Waals surface area contributed by atoms with Crippen LogP contribution in [0.1, 0.15) is 6.42 Å². The van der Waals surface area contributed by atoms with Crippen molar-refractivity contribution in [2.75, 3.05) is 26.2 Å². The summed E-state index contributed by atoms with van der Waals surface area (Å²) in [4.78, 5) is 21.7. The van der Waals surface area contributed by atoms with Crippen LogP contribution in [0.4, 0.5) is 5.69 Å². The Hall–Kier alpha value is -2.41. The van der Waals surface area contributed by atoms with E-state index in [1.54, 1.807) is 0 Å². The lowest BCUT2D eigenvalue weighted by molar-refractivity contribution is -0.384. The number of nitrogens with zero attached hydrogens (tertiary/aromatic N) is 1. The van der Waals surface area contributed by atoms with Crippen molar-refractivity contribution in [3.63, 3.8) is 0 Å². The van der Waals surface area contributed by atoms with E-state index in [0.717, 1.165) is 19.5 Å². The van der Waals surface area contributed by atoms with Gasteiger partial charge in [0.25, 0.3) is 11.6 Å². The Balaban J connectivity index is 1.73. The minimum Gasteiger partial charge on any atom is -0.484 e. The van der Waals surface area contributed by atoms with Crippen molar-refractivity contribution in [1.29, 1.82) is 0 Å². The van der Waals surface area contributed by atoms with Crippen LogP contribution in [0.15, 0.2) is 35.9 Å². The molecule has 7 nitrogen and oxygen atoms in total. The molecule has 0 aromatic heterocycles. The summed E-state index contributed by atoms with van der Waals surface area (Å²) < 4.78 is 5.28. The normalized spacial score (nSPS) is 14.2. The minimum absolute atomic E-state index is 0.00959. The second kappa shape index (κ2) is 7.39. The van der Waals surface area contributed by atoms with Crippen molar-refractivity contribution in [3.05, 3.63) is 46.0 Å². The van der Waals surface area contributed by atoms with E-state index in [1.165, 1.54) is 29.8 Å². The molecule has 7 heteroatoms. The number of hydrogen-bond donors (Lipinski definition) is 2. The van der Waals surface area contributed by atoms with Gasteiger partial charge >= 0.3 is 0 Å². The topological polar surface area (TPSA) is 93.5 Å². The monoisotopic (exact) mass is 291 g/mol. The molecule has 1 amide bonds. The van der Waals surface area contributed by atoms with Gasteiger partial charge in [0.05, 0.1) is 4.92 Å². The average Bonchev–Trinajstić information content (AvgIpc) is 2.52. The zero-order valence-electron chi connectivity index (χ0n) is 11.5. The molecular formula is C14H17N3O4. The van der Waals surface area contributed by atoms with Crippen LogP contribution in [0.25, 0.3) is 0 Å². The first-order valence-corrected chi connectivity index (χ1v) is 6.68. The van der Waals surface area contributed by atoms with Gasteiger partial charge in [-0.15, -0.1) is 0 Å². The van der Waals surface area contributed by atoms with Gasteiger partial charge in [0.1, 0.15) is 5.75 Å². The van der Waals surface area contributed by atoms with Gasteiger partial charge < -0.3 is 15.4 Å². The fourth-order valence-corrected chi connectivity index (χ4v) is 1.91. The number of ether oxygens (including phenoxy) is 1. The van der Waals surface area contributed by atoms with E-state index >= 15 is 0 Å². The van der Waals surface area contributed by atoms with Gasteiger partial charge in [-0.1, -0.05) is 11.6 Å². The number of carbonyl (C=O) groups excluding carboxylic acids is 1. The molecule has 1 aliphatic rings. The van der Waals surface area contributed by atoms with Crippen LogP contribution in [0.3, 0.4) is 0 Å². The highest BCUT2D eigenvalue weighted by Crippen LogP contribution is 2.17. The Labute approximate surface area is 122 Å². The maximum Gasteiger partial charge on any atom is 0.269 e. The molecular weight excluding hydrogens is 274 g/mol. The Morgan fingerprint density at radius 3 is 2.76 bits per heavy atom. The second-order valence-electron chi connectivity index (χ2n) is 4.63. The van der Waals surface area contributed by atoms with Crippen LogP contribution in [-0.2, 0) is 4.79 Å². The largest absolute Gasteiger partial charge is 0.484 e. The van der Waals surface area contributed by atoms with Gasteiger partial charge in [-0.25, -0.2) is 0 Å². The molecule has 0 bridgehead atoms. The van der Waals surface area contributed by atoms with Crippen molar-refractivity contribution in [2.45, 2.75) is 6.42 Å². The summed E-state index contributed by atoms with van der Waals surface area (Å²) in [6.45, 7) is 2.19. The van der Waals surface area contributed by atoms with E-state index in [1.807, 2.05) is 0 Å². The smallest absolute Gasteiger partial charge is 0.269 e. The fourth-order valence-electron chi connectivity index (χ4n) is 1.91. The number of nitro benzene ring substituents is 1. The number of amides is 1. The number of non-ortho nitro benzene ring substituents is 1. The molecule has 0 fully saturated rings. The maximum atomic E-state index is 11.6. The number of nitro groups is 1. The van der Waals surface area contributed by atoms with E-state index < -0.39 is 4.92 Å².